The van der Waals surface area contributed by atoms with Crippen molar-refractivity contribution in [3.05, 3.63) is 35.9 Å². The number of β-amino-alcohol motifs (C(OH)–C–C–N with tert-alkyl or cyclic N) is 1. The van der Waals surface area contributed by atoms with E-state index in [2.05, 4.69) is 37.8 Å². The van der Waals surface area contributed by atoms with E-state index in [1.54, 1.807) is 0 Å². The Morgan fingerprint density at radius 3 is 2.41 bits per heavy atom. The van der Waals surface area contributed by atoms with E-state index in [0.29, 0.717) is 25.2 Å². The van der Waals surface area contributed by atoms with Crippen LogP contribution in [-0.2, 0) is 4.74 Å². The Morgan fingerprint density at radius 1 is 1.18 bits per heavy atom. The summed E-state index contributed by atoms with van der Waals surface area (Å²) in [6, 6.07) is 11.4. The molecule has 0 spiro atoms. The smallest absolute Gasteiger partial charge is 0.0900 e. The molecule has 1 aromatic carbocycles. The van der Waals surface area contributed by atoms with Crippen LogP contribution in [0.25, 0.3) is 0 Å². The number of benzene rings is 1. The van der Waals surface area contributed by atoms with Crippen molar-refractivity contribution in [2.24, 2.45) is 0 Å². The fourth-order valence-electron chi connectivity index (χ4n) is 3.48. The molecule has 0 radical (unpaired) electrons. The van der Waals surface area contributed by atoms with Crippen LogP contribution in [0.3, 0.4) is 0 Å². The number of aliphatic hydroxyl groups is 1. The molecular weight excluding hydrogens is 274 g/mol. The third-order valence-electron chi connectivity index (χ3n) is 4.83. The van der Waals surface area contributed by atoms with Crippen LogP contribution in [0.2, 0.25) is 0 Å². The van der Waals surface area contributed by atoms with E-state index in [4.69, 9.17) is 4.74 Å². The van der Waals surface area contributed by atoms with Gasteiger partial charge in [0.25, 0.3) is 0 Å². The van der Waals surface area contributed by atoms with Crippen LogP contribution in [0.4, 0.5) is 0 Å². The molecule has 4 atom stereocenters. The van der Waals surface area contributed by atoms with E-state index < -0.39 is 6.10 Å². The summed E-state index contributed by atoms with van der Waals surface area (Å²) in [5.41, 5.74) is 1.19. The molecule has 3 heteroatoms. The summed E-state index contributed by atoms with van der Waals surface area (Å²) >= 11 is 0. The Kier molecular flexibility index (Phi) is 6.87. The highest BCUT2D eigenvalue weighted by molar-refractivity contribution is 5.17. The molecule has 0 saturated carbocycles. The number of aliphatic hydroxyl groups excluding tert-OH is 1. The van der Waals surface area contributed by atoms with Gasteiger partial charge in [-0.1, -0.05) is 43.7 Å². The fraction of sp³-hybridized carbons (Fsp3) is 0.684. The lowest BCUT2D eigenvalue weighted by molar-refractivity contribution is -0.0377. The van der Waals surface area contributed by atoms with Crippen LogP contribution in [0.1, 0.15) is 58.1 Å². The topological polar surface area (TPSA) is 32.7 Å². The van der Waals surface area contributed by atoms with Gasteiger partial charge in [-0.3, -0.25) is 4.90 Å². The summed E-state index contributed by atoms with van der Waals surface area (Å²) in [6.45, 7) is 7.78. The predicted molar refractivity (Wildman–Crippen MR) is 90.9 cm³/mol. The fourth-order valence-corrected chi connectivity index (χ4v) is 3.48. The second kappa shape index (κ2) is 8.66. The number of hydrogen-bond acceptors (Lipinski definition) is 3. The lowest BCUT2D eigenvalue weighted by Crippen LogP contribution is -2.48. The van der Waals surface area contributed by atoms with Gasteiger partial charge < -0.3 is 9.84 Å². The van der Waals surface area contributed by atoms with Crippen LogP contribution >= 0.6 is 0 Å². The van der Waals surface area contributed by atoms with Crippen molar-refractivity contribution in [2.75, 3.05) is 13.2 Å². The first-order valence-corrected chi connectivity index (χ1v) is 8.72. The first-order chi connectivity index (χ1) is 10.6. The molecule has 1 heterocycles. The maximum Gasteiger partial charge on any atom is 0.0900 e. The van der Waals surface area contributed by atoms with Crippen LogP contribution in [0, 0.1) is 0 Å². The van der Waals surface area contributed by atoms with Crippen molar-refractivity contribution in [3.8, 4) is 0 Å². The van der Waals surface area contributed by atoms with Crippen LogP contribution < -0.4 is 0 Å². The number of hydrogen-bond donors (Lipinski definition) is 1. The minimum atomic E-state index is -0.416. The van der Waals surface area contributed by atoms with Gasteiger partial charge in [-0.05, 0) is 38.7 Å². The Balaban J connectivity index is 1.82. The molecule has 1 fully saturated rings. The van der Waals surface area contributed by atoms with Crippen molar-refractivity contribution in [2.45, 2.75) is 70.7 Å². The third-order valence-corrected chi connectivity index (χ3v) is 4.83. The van der Waals surface area contributed by atoms with Crippen molar-refractivity contribution in [3.63, 3.8) is 0 Å². The Labute approximate surface area is 135 Å². The number of piperidine rings is 1. The molecule has 1 N–H and O–H groups in total. The van der Waals surface area contributed by atoms with E-state index in [1.807, 2.05) is 18.2 Å². The number of nitrogens with zero attached hydrogens (tertiary/aromatic N) is 1. The molecule has 0 aromatic heterocycles. The molecule has 124 valence electrons. The van der Waals surface area contributed by atoms with E-state index in [1.165, 1.54) is 24.8 Å². The minimum Gasteiger partial charge on any atom is -0.389 e. The van der Waals surface area contributed by atoms with Gasteiger partial charge in [0.1, 0.15) is 0 Å². The van der Waals surface area contributed by atoms with Crippen LogP contribution in [0.15, 0.2) is 30.3 Å². The van der Waals surface area contributed by atoms with Gasteiger partial charge >= 0.3 is 0 Å². The molecule has 22 heavy (non-hydrogen) atoms. The summed E-state index contributed by atoms with van der Waals surface area (Å²) in [7, 11) is 0. The van der Waals surface area contributed by atoms with Gasteiger partial charge in [-0.15, -0.1) is 0 Å². The minimum absolute atomic E-state index is 0.0760. The Morgan fingerprint density at radius 2 is 1.82 bits per heavy atom. The first-order valence-electron chi connectivity index (χ1n) is 8.72. The van der Waals surface area contributed by atoms with E-state index in [-0.39, 0.29) is 6.10 Å². The largest absolute Gasteiger partial charge is 0.389 e. The zero-order valence-electron chi connectivity index (χ0n) is 14.2. The first kappa shape index (κ1) is 17.5. The van der Waals surface area contributed by atoms with E-state index in [0.717, 1.165) is 6.42 Å². The summed E-state index contributed by atoms with van der Waals surface area (Å²) in [4.78, 5) is 2.43. The van der Waals surface area contributed by atoms with E-state index in [9.17, 15) is 5.11 Å². The summed E-state index contributed by atoms with van der Waals surface area (Å²) in [5, 5.41) is 10.4. The molecule has 1 saturated heterocycles. The maximum absolute atomic E-state index is 10.4. The number of likely N-dealkylation sites (tertiary alicyclic amines) is 1. The zero-order valence-corrected chi connectivity index (χ0v) is 14.2. The summed E-state index contributed by atoms with van der Waals surface area (Å²) in [6.07, 6.45) is 4.36. The van der Waals surface area contributed by atoms with Crippen molar-refractivity contribution in [1.29, 1.82) is 0 Å². The highest BCUT2D eigenvalue weighted by Crippen LogP contribution is 2.24. The molecule has 0 amide bonds. The second-order valence-electron chi connectivity index (χ2n) is 6.62. The molecular formula is C19H31NO2. The SMILES string of the molecule is CC[C@H](OC[C@H](O)CN1[C@H](C)CCC[C@@H]1C)c1ccccc1. The van der Waals surface area contributed by atoms with E-state index >= 15 is 0 Å². The van der Waals surface area contributed by atoms with Crippen molar-refractivity contribution >= 4 is 0 Å². The molecule has 3 nitrogen and oxygen atoms in total. The molecule has 1 aliphatic heterocycles. The predicted octanol–water partition coefficient (Wildman–Crippen LogP) is 3.78. The lowest BCUT2D eigenvalue weighted by Gasteiger charge is -2.40. The van der Waals surface area contributed by atoms with Gasteiger partial charge in [0.05, 0.1) is 18.8 Å². The number of ether oxygens (including phenoxy) is 1. The molecule has 1 aromatic rings. The molecule has 1 aliphatic rings. The van der Waals surface area contributed by atoms with Gasteiger partial charge in [-0.25, -0.2) is 0 Å². The van der Waals surface area contributed by atoms with Crippen LogP contribution in [-0.4, -0.2) is 41.3 Å². The summed E-state index contributed by atoms with van der Waals surface area (Å²) in [5.74, 6) is 0. The number of rotatable bonds is 7. The van der Waals surface area contributed by atoms with Gasteiger partial charge in [0, 0.05) is 18.6 Å². The highest BCUT2D eigenvalue weighted by Gasteiger charge is 2.26. The molecule has 0 unspecified atom stereocenters. The average molecular weight is 305 g/mol. The Hall–Kier alpha value is -0.900. The molecule has 2 rings (SSSR count). The van der Waals surface area contributed by atoms with Crippen LogP contribution in [0.5, 0.6) is 0 Å². The zero-order chi connectivity index (χ0) is 15.9. The average Bonchev–Trinajstić information content (AvgIpc) is 2.53. The highest BCUT2D eigenvalue weighted by atomic mass is 16.5. The summed E-state index contributed by atoms with van der Waals surface area (Å²) < 4.78 is 5.97. The second-order valence-corrected chi connectivity index (χ2v) is 6.62. The quantitative estimate of drug-likeness (QED) is 0.832. The molecule has 0 bridgehead atoms. The lowest BCUT2D eigenvalue weighted by atomic mass is 9.97. The van der Waals surface area contributed by atoms with Gasteiger partial charge in [0.2, 0.25) is 0 Å². The monoisotopic (exact) mass is 305 g/mol. The van der Waals surface area contributed by atoms with Gasteiger partial charge in [-0.2, -0.15) is 0 Å². The normalized spacial score (nSPS) is 25.8. The Bertz CT molecular complexity index is 413. The molecule has 0 aliphatic carbocycles. The third kappa shape index (κ3) is 4.80. The maximum atomic E-state index is 10.4. The standard InChI is InChI=1S/C19H31NO2/c1-4-19(17-11-6-5-7-12-17)22-14-18(21)13-20-15(2)9-8-10-16(20)3/h5-7,11-12,15-16,18-19,21H,4,8-10,13-14H2,1-3H3/t15-,16+,18-,19+/m1/s1. The van der Waals surface area contributed by atoms with Crippen molar-refractivity contribution < 1.29 is 9.84 Å². The van der Waals surface area contributed by atoms with Crippen molar-refractivity contribution in [1.82, 2.24) is 4.90 Å². The van der Waals surface area contributed by atoms with Gasteiger partial charge in [0.15, 0.2) is 0 Å².